The zero-order chi connectivity index (χ0) is 13.5. The van der Waals surface area contributed by atoms with Gasteiger partial charge in [0.15, 0.2) is 0 Å². The molecule has 1 saturated heterocycles. The molecule has 4 aliphatic carbocycles. The summed E-state index contributed by atoms with van der Waals surface area (Å²) in [6.07, 6.45) is 11.0. The van der Waals surface area contributed by atoms with Gasteiger partial charge in [0.1, 0.15) is 8.24 Å². The van der Waals surface area contributed by atoms with Gasteiger partial charge in [-0.15, -0.1) is 0 Å². The highest BCUT2D eigenvalue weighted by molar-refractivity contribution is 6.75. The van der Waals surface area contributed by atoms with Crippen LogP contribution in [0.25, 0.3) is 0 Å². The molecule has 2 fully saturated rings. The molecule has 0 aromatic rings. The quantitative estimate of drug-likeness (QED) is 0.420. The van der Waals surface area contributed by atoms with E-state index in [2.05, 4.69) is 29.8 Å². The number of fused-ring (bicyclic) bond motifs is 8. The van der Waals surface area contributed by atoms with Crippen molar-refractivity contribution in [1.29, 1.82) is 0 Å². The Balaban J connectivity index is 1.38. The molecule has 20 heavy (non-hydrogen) atoms. The summed E-state index contributed by atoms with van der Waals surface area (Å²) < 4.78 is 2.95. The normalized spacial score (nSPS) is 47.8. The fraction of sp³-hybridized carbons (Fsp3) is 0.778. The summed E-state index contributed by atoms with van der Waals surface area (Å²) in [7, 11) is -1.01. The summed E-state index contributed by atoms with van der Waals surface area (Å²) in [5.74, 6) is 4.74. The van der Waals surface area contributed by atoms with E-state index in [1.165, 1.54) is 44.8 Å². The van der Waals surface area contributed by atoms with E-state index in [0.717, 1.165) is 29.6 Å². The molecule has 0 radical (unpaired) electrons. The standard InChI is InChI=1S/C18H27NSi/c1-20(2)7-3-6-19(20)11-15-9-14-10-16(15)18-13-5-4-12(8-13)17(14)18/h4-5,12-16H,3,6-11H2,1-2H3. The van der Waals surface area contributed by atoms with Crippen LogP contribution >= 0.6 is 0 Å². The van der Waals surface area contributed by atoms with Crippen molar-refractivity contribution in [3.8, 4) is 0 Å². The SMILES string of the molecule is C[Si]1(C)CCCN1CC1CC2CC1C1=C2C2C=CC1C2. The first-order valence-corrected chi connectivity index (χ1v) is 12.0. The molecule has 5 rings (SSSR count). The molecule has 5 unspecified atom stereocenters. The van der Waals surface area contributed by atoms with E-state index in [9.17, 15) is 0 Å². The fourth-order valence-electron chi connectivity index (χ4n) is 6.36. The molecule has 5 atom stereocenters. The van der Waals surface area contributed by atoms with Crippen molar-refractivity contribution in [3.63, 3.8) is 0 Å². The number of nitrogens with zero attached hydrogens (tertiary/aromatic N) is 1. The summed E-state index contributed by atoms with van der Waals surface area (Å²) >= 11 is 0. The van der Waals surface area contributed by atoms with Crippen molar-refractivity contribution in [2.75, 3.05) is 13.1 Å². The Morgan fingerprint density at radius 1 is 1.10 bits per heavy atom. The van der Waals surface area contributed by atoms with Gasteiger partial charge in [-0.25, -0.2) is 0 Å². The van der Waals surface area contributed by atoms with Crippen molar-refractivity contribution in [3.05, 3.63) is 23.3 Å². The summed E-state index contributed by atoms with van der Waals surface area (Å²) in [5, 5.41) is 0. The third-order valence-corrected chi connectivity index (χ3v) is 11.0. The van der Waals surface area contributed by atoms with Gasteiger partial charge in [-0.2, -0.15) is 0 Å². The molecule has 1 saturated carbocycles. The molecule has 0 aromatic heterocycles. The first-order valence-electron chi connectivity index (χ1n) is 8.81. The second-order valence-electron chi connectivity index (χ2n) is 8.64. The molecule has 2 heteroatoms. The smallest absolute Gasteiger partial charge is 0.122 e. The minimum Gasteiger partial charge on any atom is -0.323 e. The third kappa shape index (κ3) is 1.47. The van der Waals surface area contributed by atoms with Crippen LogP contribution < -0.4 is 0 Å². The van der Waals surface area contributed by atoms with Crippen LogP contribution in [0.15, 0.2) is 23.3 Å². The summed E-state index contributed by atoms with van der Waals surface area (Å²) in [4.78, 5) is 0. The van der Waals surface area contributed by atoms with Crippen molar-refractivity contribution < 1.29 is 0 Å². The number of hydrogen-bond donors (Lipinski definition) is 0. The second-order valence-corrected chi connectivity index (χ2v) is 13.4. The monoisotopic (exact) mass is 285 g/mol. The zero-order valence-electron chi connectivity index (χ0n) is 12.9. The van der Waals surface area contributed by atoms with E-state index >= 15 is 0 Å². The molecule has 1 heterocycles. The number of allylic oxidation sites excluding steroid dienone is 4. The van der Waals surface area contributed by atoms with E-state index < -0.39 is 8.24 Å². The lowest BCUT2D eigenvalue weighted by Gasteiger charge is -2.36. The first kappa shape index (κ1) is 12.2. The van der Waals surface area contributed by atoms with E-state index in [4.69, 9.17) is 0 Å². The molecule has 1 aliphatic heterocycles. The molecule has 1 nitrogen and oxygen atoms in total. The van der Waals surface area contributed by atoms with Crippen LogP contribution in [-0.4, -0.2) is 25.9 Å². The highest BCUT2D eigenvalue weighted by atomic mass is 28.3. The van der Waals surface area contributed by atoms with Gasteiger partial charge in [0.05, 0.1) is 0 Å². The van der Waals surface area contributed by atoms with Gasteiger partial charge in [0, 0.05) is 0 Å². The average molecular weight is 286 g/mol. The average Bonchev–Trinajstić information content (AvgIpc) is 3.16. The third-order valence-electron chi connectivity index (χ3n) is 7.28. The van der Waals surface area contributed by atoms with Crippen LogP contribution in [0.3, 0.4) is 0 Å². The van der Waals surface area contributed by atoms with Crippen LogP contribution in [0.5, 0.6) is 0 Å². The van der Waals surface area contributed by atoms with Gasteiger partial charge < -0.3 is 4.57 Å². The Bertz CT molecular complexity index is 518. The van der Waals surface area contributed by atoms with Crippen molar-refractivity contribution in [1.82, 2.24) is 4.57 Å². The van der Waals surface area contributed by atoms with Crippen LogP contribution in [0.1, 0.15) is 25.7 Å². The highest BCUT2D eigenvalue weighted by Gasteiger charge is 2.53. The Labute approximate surface area is 124 Å². The van der Waals surface area contributed by atoms with E-state index in [1.807, 2.05) is 11.1 Å². The molecule has 0 aromatic carbocycles. The van der Waals surface area contributed by atoms with Crippen LogP contribution in [0, 0.1) is 29.6 Å². The van der Waals surface area contributed by atoms with Gasteiger partial charge in [-0.05, 0) is 74.4 Å². The number of rotatable bonds is 2. The maximum Gasteiger partial charge on any atom is 0.122 e. The zero-order valence-corrected chi connectivity index (χ0v) is 13.9. The lowest BCUT2D eigenvalue weighted by Crippen LogP contribution is -2.46. The van der Waals surface area contributed by atoms with Crippen molar-refractivity contribution in [2.24, 2.45) is 29.6 Å². The van der Waals surface area contributed by atoms with Crippen LogP contribution in [0.2, 0.25) is 19.1 Å². The first-order chi connectivity index (χ1) is 9.63. The predicted molar refractivity (Wildman–Crippen MR) is 85.9 cm³/mol. The molecule has 0 amide bonds. The van der Waals surface area contributed by atoms with Gasteiger partial charge >= 0.3 is 0 Å². The van der Waals surface area contributed by atoms with Crippen molar-refractivity contribution in [2.45, 2.75) is 44.8 Å². The van der Waals surface area contributed by atoms with Crippen LogP contribution in [0.4, 0.5) is 0 Å². The molecule has 4 bridgehead atoms. The van der Waals surface area contributed by atoms with E-state index in [1.54, 1.807) is 0 Å². The molecular weight excluding hydrogens is 258 g/mol. The minimum atomic E-state index is -1.01. The Morgan fingerprint density at radius 3 is 2.65 bits per heavy atom. The van der Waals surface area contributed by atoms with E-state index in [-0.39, 0.29) is 0 Å². The number of hydrogen-bond acceptors (Lipinski definition) is 1. The minimum absolute atomic E-state index is 0.872. The van der Waals surface area contributed by atoms with Crippen LogP contribution in [-0.2, 0) is 0 Å². The fourth-order valence-corrected chi connectivity index (χ4v) is 9.19. The predicted octanol–water partition coefficient (Wildman–Crippen LogP) is 4.06. The van der Waals surface area contributed by atoms with Gasteiger partial charge in [-0.3, -0.25) is 0 Å². The molecular formula is C18H27NSi. The maximum absolute atomic E-state index is 2.95. The van der Waals surface area contributed by atoms with E-state index in [0.29, 0.717) is 0 Å². The van der Waals surface area contributed by atoms with Gasteiger partial charge in [-0.1, -0.05) is 36.4 Å². The Kier molecular flexibility index (Phi) is 2.38. The Hall–Kier alpha value is -0.343. The molecule has 0 spiro atoms. The molecule has 0 N–H and O–H groups in total. The Morgan fingerprint density at radius 2 is 1.90 bits per heavy atom. The topological polar surface area (TPSA) is 3.24 Å². The van der Waals surface area contributed by atoms with Gasteiger partial charge in [0.2, 0.25) is 0 Å². The highest BCUT2D eigenvalue weighted by Crippen LogP contribution is 2.63. The summed E-state index contributed by atoms with van der Waals surface area (Å²) in [6.45, 7) is 8.04. The van der Waals surface area contributed by atoms with Gasteiger partial charge in [0.25, 0.3) is 0 Å². The lowest BCUT2D eigenvalue weighted by molar-refractivity contribution is 0.309. The second kappa shape index (κ2) is 3.89. The van der Waals surface area contributed by atoms with Crippen molar-refractivity contribution >= 4 is 8.24 Å². The summed E-state index contributed by atoms with van der Waals surface area (Å²) in [5.41, 5.74) is 3.90. The maximum atomic E-state index is 2.95. The summed E-state index contributed by atoms with van der Waals surface area (Å²) in [6, 6.07) is 1.54. The molecule has 5 aliphatic rings. The molecule has 108 valence electrons. The largest absolute Gasteiger partial charge is 0.323 e. The lowest BCUT2D eigenvalue weighted by atomic mass is 9.79.